The molecule has 1 aliphatic carbocycles. The highest BCUT2D eigenvalue weighted by atomic mass is 35.5. The number of thiazole rings is 2. The first-order chi connectivity index (χ1) is 13.7. The van der Waals surface area contributed by atoms with Crippen LogP contribution in [0, 0.1) is 12.3 Å². The Labute approximate surface area is 183 Å². The summed E-state index contributed by atoms with van der Waals surface area (Å²) in [6.45, 7) is 7.74. The van der Waals surface area contributed by atoms with Crippen molar-refractivity contribution >= 4 is 56.1 Å². The van der Waals surface area contributed by atoms with E-state index in [1.54, 1.807) is 22.7 Å². The number of halogens is 1. The molecule has 8 heteroatoms. The molecule has 0 unspecified atom stereocenters. The third-order valence-electron chi connectivity index (χ3n) is 4.77. The molecule has 3 aromatic rings. The molecule has 0 saturated heterocycles. The summed E-state index contributed by atoms with van der Waals surface area (Å²) in [5.41, 5.74) is 3.44. The lowest BCUT2D eigenvalue weighted by atomic mass is 9.96. The number of amides is 1. The Bertz CT molecular complexity index is 1080. The Hall–Kier alpha value is -1.96. The number of hydrogen-bond acceptors (Lipinski definition) is 6. The molecule has 5 nitrogen and oxygen atoms in total. The Morgan fingerprint density at radius 3 is 2.34 bits per heavy atom. The van der Waals surface area contributed by atoms with Crippen LogP contribution < -0.4 is 10.6 Å². The zero-order valence-corrected chi connectivity index (χ0v) is 19.2. The molecule has 29 heavy (non-hydrogen) atoms. The number of nitrogens with zero attached hydrogens (tertiary/aromatic N) is 2. The summed E-state index contributed by atoms with van der Waals surface area (Å²) in [7, 11) is 0. The first-order valence-electron chi connectivity index (χ1n) is 9.55. The summed E-state index contributed by atoms with van der Waals surface area (Å²) in [6.07, 6.45) is 2.99. The highest BCUT2D eigenvalue weighted by Gasteiger charge is 2.26. The summed E-state index contributed by atoms with van der Waals surface area (Å²) >= 11 is 9.37. The van der Waals surface area contributed by atoms with E-state index in [2.05, 4.69) is 10.6 Å². The Morgan fingerprint density at radius 1 is 1.07 bits per heavy atom. The minimum atomic E-state index is -0.458. The van der Waals surface area contributed by atoms with E-state index < -0.39 is 5.41 Å². The molecule has 0 bridgehead atoms. The van der Waals surface area contributed by atoms with Crippen LogP contribution in [0.2, 0.25) is 5.02 Å². The Morgan fingerprint density at radius 2 is 1.69 bits per heavy atom. The van der Waals surface area contributed by atoms with Crippen molar-refractivity contribution in [3.05, 3.63) is 38.5 Å². The first-order valence-corrected chi connectivity index (χ1v) is 11.6. The maximum absolute atomic E-state index is 12.3. The van der Waals surface area contributed by atoms with Crippen molar-refractivity contribution in [2.45, 2.75) is 47.0 Å². The fourth-order valence-electron chi connectivity index (χ4n) is 3.06. The molecule has 4 rings (SSSR count). The van der Waals surface area contributed by atoms with Crippen LogP contribution in [0.3, 0.4) is 0 Å². The number of aromatic nitrogens is 2. The third kappa shape index (κ3) is 4.32. The number of anilines is 3. The molecular weight excluding hydrogens is 424 g/mol. The van der Waals surface area contributed by atoms with Crippen molar-refractivity contribution < 1.29 is 4.79 Å². The van der Waals surface area contributed by atoms with Crippen molar-refractivity contribution in [2.75, 3.05) is 10.6 Å². The van der Waals surface area contributed by atoms with Gasteiger partial charge in [0.2, 0.25) is 5.91 Å². The lowest BCUT2D eigenvalue weighted by Gasteiger charge is -2.15. The van der Waals surface area contributed by atoms with E-state index in [1.165, 1.54) is 9.75 Å². The van der Waals surface area contributed by atoms with Crippen molar-refractivity contribution in [3.8, 4) is 11.4 Å². The molecule has 1 aliphatic rings. The molecule has 2 N–H and O–H groups in total. The van der Waals surface area contributed by atoms with E-state index in [9.17, 15) is 4.79 Å². The van der Waals surface area contributed by atoms with Gasteiger partial charge in [-0.25, -0.2) is 9.97 Å². The second-order valence-electron chi connectivity index (χ2n) is 8.22. The van der Waals surface area contributed by atoms with Crippen LogP contribution in [0.25, 0.3) is 11.4 Å². The van der Waals surface area contributed by atoms with Gasteiger partial charge in [-0.2, -0.15) is 0 Å². The van der Waals surface area contributed by atoms with Gasteiger partial charge in [-0.1, -0.05) is 38.4 Å². The van der Waals surface area contributed by atoms with E-state index in [-0.39, 0.29) is 5.91 Å². The number of aryl methyl sites for hydroxylation is 3. The summed E-state index contributed by atoms with van der Waals surface area (Å²) in [6, 6.07) is 5.79. The second-order valence-corrected chi connectivity index (χ2v) is 10.8. The van der Waals surface area contributed by atoms with Crippen molar-refractivity contribution in [1.29, 1.82) is 0 Å². The zero-order chi connectivity index (χ0) is 20.8. The highest BCUT2D eigenvalue weighted by Crippen LogP contribution is 2.41. The fraction of sp³-hybridized carbons (Fsp3) is 0.381. The van der Waals surface area contributed by atoms with E-state index in [0.717, 1.165) is 47.0 Å². The lowest BCUT2D eigenvalue weighted by molar-refractivity contribution is -0.123. The number of rotatable bonds is 3. The van der Waals surface area contributed by atoms with Gasteiger partial charge >= 0.3 is 0 Å². The predicted molar refractivity (Wildman–Crippen MR) is 123 cm³/mol. The molecule has 0 radical (unpaired) electrons. The Balaban J connectivity index is 1.65. The fourth-order valence-corrected chi connectivity index (χ4v) is 5.25. The van der Waals surface area contributed by atoms with Gasteiger partial charge in [-0.3, -0.25) is 4.79 Å². The van der Waals surface area contributed by atoms with Gasteiger partial charge in [0.05, 0.1) is 0 Å². The van der Waals surface area contributed by atoms with Gasteiger partial charge in [-0.05, 0) is 43.9 Å². The lowest BCUT2D eigenvalue weighted by Crippen LogP contribution is -2.27. The van der Waals surface area contributed by atoms with E-state index in [4.69, 9.17) is 21.6 Å². The molecule has 0 aliphatic heterocycles. The summed E-state index contributed by atoms with van der Waals surface area (Å²) < 4.78 is 0. The van der Waals surface area contributed by atoms with Gasteiger partial charge in [0.15, 0.2) is 10.3 Å². The molecule has 152 valence electrons. The molecule has 0 fully saturated rings. The number of benzene rings is 1. The van der Waals surface area contributed by atoms with Crippen LogP contribution in [0.4, 0.5) is 16.0 Å². The largest absolute Gasteiger partial charge is 0.331 e. The molecule has 0 saturated carbocycles. The van der Waals surface area contributed by atoms with E-state index in [0.29, 0.717) is 10.2 Å². The van der Waals surface area contributed by atoms with E-state index >= 15 is 0 Å². The average Bonchev–Trinajstić information content (AvgIpc) is 3.18. The molecule has 0 spiro atoms. The minimum Gasteiger partial charge on any atom is -0.331 e. The van der Waals surface area contributed by atoms with Crippen molar-refractivity contribution in [2.24, 2.45) is 5.41 Å². The maximum Gasteiger partial charge on any atom is 0.231 e. The summed E-state index contributed by atoms with van der Waals surface area (Å²) in [5, 5.41) is 8.55. The van der Waals surface area contributed by atoms with Gasteiger partial charge in [0.25, 0.3) is 0 Å². The number of carbonyl (C=O) groups excluding carboxylic acids is 1. The monoisotopic (exact) mass is 446 g/mol. The average molecular weight is 447 g/mol. The molecular formula is C21H23ClN4OS2. The minimum absolute atomic E-state index is 0.0290. The zero-order valence-electron chi connectivity index (χ0n) is 16.9. The molecule has 2 heterocycles. The molecule has 1 amide bonds. The number of carbonyl (C=O) groups is 1. The summed E-state index contributed by atoms with van der Waals surface area (Å²) in [5.74, 6) is -0.0290. The number of fused-ring (bicyclic) bond motifs is 3. The Kier molecular flexibility index (Phi) is 5.40. The normalized spacial score (nSPS) is 13.4. The van der Waals surface area contributed by atoms with Crippen LogP contribution in [0.15, 0.2) is 18.2 Å². The molecule has 2 aromatic heterocycles. The van der Waals surface area contributed by atoms with Crippen molar-refractivity contribution in [3.63, 3.8) is 0 Å². The van der Waals surface area contributed by atoms with Crippen LogP contribution in [0.5, 0.6) is 0 Å². The number of hydrogen-bond donors (Lipinski definition) is 2. The van der Waals surface area contributed by atoms with E-state index in [1.807, 2.05) is 45.9 Å². The maximum atomic E-state index is 12.3. The third-order valence-corrected chi connectivity index (χ3v) is 7.07. The van der Waals surface area contributed by atoms with Gasteiger partial charge in [-0.15, -0.1) is 22.7 Å². The van der Waals surface area contributed by atoms with Crippen LogP contribution in [0.1, 0.15) is 42.5 Å². The smallest absolute Gasteiger partial charge is 0.231 e. The van der Waals surface area contributed by atoms with Crippen LogP contribution in [-0.4, -0.2) is 15.9 Å². The highest BCUT2D eigenvalue weighted by molar-refractivity contribution is 7.17. The van der Waals surface area contributed by atoms with Gasteiger partial charge in [0, 0.05) is 25.9 Å². The SMILES string of the molecule is Cc1ccc(Cl)cc1Nc1nc2c(s1)CCCc1sc(NC(=O)C(C)(C)C)nc1-2. The molecule has 0 atom stereocenters. The first kappa shape index (κ1) is 20.3. The standard InChI is InChI=1S/C21H23ClN4OS2/c1-11-8-9-12(22)10-13(11)23-19-24-16-14(28-19)6-5-7-15-17(16)25-20(29-15)26-18(27)21(2,3)4/h8-10H,5-7H2,1-4H3,(H,23,24)(H,25,26,27). The van der Waals surface area contributed by atoms with Crippen molar-refractivity contribution in [1.82, 2.24) is 9.97 Å². The quantitative estimate of drug-likeness (QED) is 0.485. The van der Waals surface area contributed by atoms with Crippen LogP contribution >= 0.6 is 34.3 Å². The van der Waals surface area contributed by atoms with Gasteiger partial charge in [0.1, 0.15) is 11.4 Å². The summed E-state index contributed by atoms with van der Waals surface area (Å²) in [4.78, 5) is 24.4. The topological polar surface area (TPSA) is 66.9 Å². The van der Waals surface area contributed by atoms with Crippen LogP contribution in [-0.2, 0) is 17.6 Å². The second kappa shape index (κ2) is 7.70. The number of nitrogens with one attached hydrogen (secondary N) is 2. The van der Waals surface area contributed by atoms with Gasteiger partial charge < -0.3 is 10.6 Å². The predicted octanol–water partition coefficient (Wildman–Crippen LogP) is 6.45. The molecule has 1 aromatic carbocycles.